The lowest BCUT2D eigenvalue weighted by Gasteiger charge is -2.12. The summed E-state index contributed by atoms with van der Waals surface area (Å²) in [5.41, 5.74) is 2.21. The van der Waals surface area contributed by atoms with Gasteiger partial charge in [0.1, 0.15) is 5.75 Å². The Labute approximate surface area is 161 Å². The van der Waals surface area contributed by atoms with E-state index in [9.17, 15) is 9.59 Å². The van der Waals surface area contributed by atoms with Crippen LogP contribution in [0.25, 0.3) is 0 Å². The summed E-state index contributed by atoms with van der Waals surface area (Å²) in [6.07, 6.45) is 0. The molecule has 0 aliphatic heterocycles. The molecule has 0 atom stereocenters. The summed E-state index contributed by atoms with van der Waals surface area (Å²) in [7, 11) is 0. The predicted molar refractivity (Wildman–Crippen MR) is 105 cm³/mol. The molecule has 0 heterocycles. The summed E-state index contributed by atoms with van der Waals surface area (Å²) >= 11 is 3.47. The number of amides is 1. The predicted octanol–water partition coefficient (Wildman–Crippen LogP) is 4.77. The van der Waals surface area contributed by atoms with Crippen LogP contribution in [-0.2, 0) is 9.53 Å². The molecule has 26 heavy (non-hydrogen) atoms. The first-order chi connectivity index (χ1) is 12.4. The number of benzene rings is 2. The first-order valence-electron chi connectivity index (χ1n) is 8.40. The van der Waals surface area contributed by atoms with Gasteiger partial charge in [0.15, 0.2) is 6.61 Å². The van der Waals surface area contributed by atoms with Crippen LogP contribution in [0, 0.1) is 0 Å². The van der Waals surface area contributed by atoms with Crippen LogP contribution in [-0.4, -0.2) is 25.1 Å². The zero-order chi connectivity index (χ0) is 19.1. The molecule has 0 aromatic heterocycles. The number of anilines is 1. The van der Waals surface area contributed by atoms with Crippen LogP contribution in [0.15, 0.2) is 46.9 Å². The van der Waals surface area contributed by atoms with Gasteiger partial charge in [-0.3, -0.25) is 4.79 Å². The molecule has 0 bridgehead atoms. The molecule has 0 aliphatic rings. The van der Waals surface area contributed by atoms with E-state index in [-0.39, 0.29) is 18.5 Å². The Morgan fingerprint density at radius 1 is 1.12 bits per heavy atom. The topological polar surface area (TPSA) is 64.6 Å². The molecule has 2 rings (SSSR count). The maximum absolute atomic E-state index is 12.1. The second-order valence-corrected chi connectivity index (χ2v) is 6.83. The van der Waals surface area contributed by atoms with E-state index in [4.69, 9.17) is 9.47 Å². The zero-order valence-corrected chi connectivity index (χ0v) is 16.6. The van der Waals surface area contributed by atoms with Crippen LogP contribution in [0.1, 0.15) is 42.6 Å². The number of hydrogen-bond donors (Lipinski definition) is 1. The van der Waals surface area contributed by atoms with Gasteiger partial charge in [0, 0.05) is 5.69 Å². The van der Waals surface area contributed by atoms with Crippen molar-refractivity contribution in [1.82, 2.24) is 0 Å². The zero-order valence-electron chi connectivity index (χ0n) is 15.0. The van der Waals surface area contributed by atoms with Crippen molar-refractivity contribution in [2.75, 3.05) is 18.5 Å². The molecule has 0 fully saturated rings. The highest BCUT2D eigenvalue weighted by Gasteiger charge is 2.10. The number of rotatable bonds is 7. The highest BCUT2D eigenvalue weighted by atomic mass is 79.9. The maximum atomic E-state index is 12.1. The Morgan fingerprint density at radius 3 is 2.38 bits per heavy atom. The van der Waals surface area contributed by atoms with E-state index >= 15 is 0 Å². The van der Waals surface area contributed by atoms with Crippen LogP contribution in [0.5, 0.6) is 5.75 Å². The van der Waals surface area contributed by atoms with Gasteiger partial charge < -0.3 is 14.8 Å². The smallest absolute Gasteiger partial charge is 0.338 e. The number of hydrogen-bond acceptors (Lipinski definition) is 4. The molecule has 0 saturated carbocycles. The standard InChI is InChI=1S/C20H22BrNO4/c1-4-25-20(24)14-5-8-16(9-6-14)22-19(23)12-26-18-10-7-15(13(2)3)11-17(18)21/h5-11,13H,4,12H2,1-3H3,(H,22,23). The van der Waals surface area contributed by atoms with Crippen molar-refractivity contribution >= 4 is 33.5 Å². The monoisotopic (exact) mass is 419 g/mol. The van der Waals surface area contributed by atoms with Gasteiger partial charge in [0.25, 0.3) is 5.91 Å². The van der Waals surface area contributed by atoms with Gasteiger partial charge in [0.05, 0.1) is 16.6 Å². The average Bonchev–Trinajstić information content (AvgIpc) is 2.61. The normalized spacial score (nSPS) is 10.5. The Kier molecular flexibility index (Phi) is 7.21. The van der Waals surface area contributed by atoms with E-state index in [0.29, 0.717) is 29.5 Å². The third-order valence-electron chi connectivity index (χ3n) is 3.66. The Bertz CT molecular complexity index is 772. The highest BCUT2D eigenvalue weighted by Crippen LogP contribution is 2.28. The fourth-order valence-corrected chi connectivity index (χ4v) is 2.75. The van der Waals surface area contributed by atoms with Gasteiger partial charge in [-0.1, -0.05) is 19.9 Å². The van der Waals surface area contributed by atoms with Gasteiger partial charge in [-0.15, -0.1) is 0 Å². The van der Waals surface area contributed by atoms with E-state index in [1.807, 2.05) is 18.2 Å². The molecule has 1 amide bonds. The molecular formula is C20H22BrNO4. The fraction of sp³-hybridized carbons (Fsp3) is 0.300. The van der Waals surface area contributed by atoms with Crippen molar-refractivity contribution in [3.63, 3.8) is 0 Å². The summed E-state index contributed by atoms with van der Waals surface area (Å²) in [6.45, 7) is 6.19. The summed E-state index contributed by atoms with van der Waals surface area (Å²) in [6, 6.07) is 12.3. The summed E-state index contributed by atoms with van der Waals surface area (Å²) in [5.74, 6) is 0.362. The third-order valence-corrected chi connectivity index (χ3v) is 4.28. The van der Waals surface area contributed by atoms with Crippen molar-refractivity contribution in [3.05, 3.63) is 58.1 Å². The minimum atomic E-state index is -0.386. The van der Waals surface area contributed by atoms with Crippen LogP contribution < -0.4 is 10.1 Å². The van der Waals surface area contributed by atoms with Crippen LogP contribution >= 0.6 is 15.9 Å². The van der Waals surface area contributed by atoms with Crippen molar-refractivity contribution in [2.24, 2.45) is 0 Å². The lowest BCUT2D eigenvalue weighted by atomic mass is 10.0. The van der Waals surface area contributed by atoms with Crippen LogP contribution in [0.4, 0.5) is 5.69 Å². The van der Waals surface area contributed by atoms with Crippen molar-refractivity contribution in [2.45, 2.75) is 26.7 Å². The van der Waals surface area contributed by atoms with Gasteiger partial charge >= 0.3 is 5.97 Å². The van der Waals surface area contributed by atoms with E-state index in [2.05, 4.69) is 35.1 Å². The van der Waals surface area contributed by atoms with Crippen LogP contribution in [0.3, 0.4) is 0 Å². The second kappa shape index (κ2) is 9.38. The Morgan fingerprint density at radius 2 is 1.81 bits per heavy atom. The number of carbonyl (C=O) groups excluding carboxylic acids is 2. The lowest BCUT2D eigenvalue weighted by molar-refractivity contribution is -0.118. The van der Waals surface area contributed by atoms with E-state index in [1.165, 1.54) is 5.56 Å². The van der Waals surface area contributed by atoms with Gasteiger partial charge in [-0.25, -0.2) is 4.79 Å². The number of halogens is 1. The number of carbonyl (C=O) groups is 2. The molecule has 1 N–H and O–H groups in total. The van der Waals surface area contributed by atoms with Crippen LogP contribution in [0.2, 0.25) is 0 Å². The van der Waals surface area contributed by atoms with Gasteiger partial charge in [0.2, 0.25) is 0 Å². The van der Waals surface area contributed by atoms with Crippen molar-refractivity contribution in [3.8, 4) is 5.75 Å². The molecule has 5 nitrogen and oxygen atoms in total. The third kappa shape index (κ3) is 5.59. The van der Waals surface area contributed by atoms with Gasteiger partial charge in [-0.2, -0.15) is 0 Å². The first-order valence-corrected chi connectivity index (χ1v) is 9.19. The molecule has 0 spiro atoms. The SMILES string of the molecule is CCOC(=O)c1ccc(NC(=O)COc2ccc(C(C)C)cc2Br)cc1. The minimum Gasteiger partial charge on any atom is -0.483 e. The molecule has 2 aromatic carbocycles. The largest absolute Gasteiger partial charge is 0.483 e. The van der Waals surface area contributed by atoms with Crippen molar-refractivity contribution < 1.29 is 19.1 Å². The molecule has 0 unspecified atom stereocenters. The summed E-state index contributed by atoms with van der Waals surface area (Å²) in [5, 5.41) is 2.73. The fourth-order valence-electron chi connectivity index (χ4n) is 2.24. The number of nitrogens with one attached hydrogen (secondary N) is 1. The number of ether oxygens (including phenoxy) is 2. The molecule has 0 saturated heterocycles. The molecule has 0 aliphatic carbocycles. The molecule has 6 heteroatoms. The summed E-state index contributed by atoms with van der Waals surface area (Å²) in [4.78, 5) is 23.7. The molecule has 2 aromatic rings. The minimum absolute atomic E-state index is 0.112. The van der Waals surface area contributed by atoms with E-state index in [0.717, 1.165) is 4.47 Å². The molecule has 0 radical (unpaired) electrons. The highest BCUT2D eigenvalue weighted by molar-refractivity contribution is 9.10. The molecule has 138 valence electrons. The first kappa shape index (κ1) is 20.0. The quantitative estimate of drug-likeness (QED) is 0.656. The molecular weight excluding hydrogens is 398 g/mol. The average molecular weight is 420 g/mol. The number of esters is 1. The summed E-state index contributed by atoms with van der Waals surface area (Å²) < 4.78 is 11.3. The Balaban J connectivity index is 1.90. The Hall–Kier alpha value is -2.34. The van der Waals surface area contributed by atoms with E-state index in [1.54, 1.807) is 31.2 Å². The lowest BCUT2D eigenvalue weighted by Crippen LogP contribution is -2.20. The second-order valence-electron chi connectivity index (χ2n) is 5.98. The van der Waals surface area contributed by atoms with Gasteiger partial charge in [-0.05, 0) is 70.7 Å². The maximum Gasteiger partial charge on any atom is 0.338 e. The van der Waals surface area contributed by atoms with Crippen molar-refractivity contribution in [1.29, 1.82) is 0 Å². The van der Waals surface area contributed by atoms with E-state index < -0.39 is 0 Å².